The van der Waals surface area contributed by atoms with Gasteiger partial charge in [0.2, 0.25) is 0 Å². The molecule has 4 aliphatic carbocycles. The smallest absolute Gasteiger partial charge is 0.338 e. The van der Waals surface area contributed by atoms with E-state index in [4.69, 9.17) is 4.74 Å². The van der Waals surface area contributed by atoms with Gasteiger partial charge in [-0.05, 0) is 99.5 Å². The van der Waals surface area contributed by atoms with E-state index in [0.717, 1.165) is 31.1 Å². The molecule has 1 aromatic rings. The molecule has 5 rings (SSSR count). The predicted molar refractivity (Wildman–Crippen MR) is 118 cm³/mol. The topological polar surface area (TPSA) is 63.6 Å². The average Bonchev–Trinajstić information content (AvgIpc) is 2.98. The van der Waals surface area contributed by atoms with Crippen molar-refractivity contribution in [3.63, 3.8) is 0 Å². The second kappa shape index (κ2) is 7.08. The molecule has 168 valence electrons. The summed E-state index contributed by atoms with van der Waals surface area (Å²) in [6.07, 6.45) is 8.00. The van der Waals surface area contributed by atoms with Crippen LogP contribution in [-0.4, -0.2) is 23.1 Å². The highest BCUT2D eigenvalue weighted by molar-refractivity contribution is 5.89. The number of carbonyl (C=O) groups excluding carboxylic acids is 1. The summed E-state index contributed by atoms with van der Waals surface area (Å²) in [4.78, 5) is 25.5. The van der Waals surface area contributed by atoms with Crippen molar-refractivity contribution >= 4 is 11.9 Å². The van der Waals surface area contributed by atoms with Gasteiger partial charge in [0.1, 0.15) is 6.10 Å². The second-order valence-corrected chi connectivity index (χ2v) is 11.6. The van der Waals surface area contributed by atoms with Gasteiger partial charge in [-0.1, -0.05) is 32.0 Å². The summed E-state index contributed by atoms with van der Waals surface area (Å²) in [5.74, 6) is 1.11. The van der Waals surface area contributed by atoms with E-state index >= 15 is 0 Å². The highest BCUT2D eigenvalue weighted by Crippen LogP contribution is 2.72. The molecule has 2 bridgehead atoms. The minimum absolute atomic E-state index is 0.0444. The third kappa shape index (κ3) is 2.93. The molecule has 0 heterocycles. The lowest BCUT2D eigenvalue weighted by atomic mass is 9.40. The van der Waals surface area contributed by atoms with E-state index in [2.05, 4.69) is 13.8 Å². The number of carboxylic acid groups (broad SMARTS) is 1. The van der Waals surface area contributed by atoms with Crippen molar-refractivity contribution in [2.45, 2.75) is 78.2 Å². The molecule has 4 nitrogen and oxygen atoms in total. The Hall–Kier alpha value is -1.84. The first kappa shape index (κ1) is 21.0. The molecular weight excluding hydrogens is 388 g/mol. The molecule has 4 heteroatoms. The number of aliphatic carboxylic acids is 1. The summed E-state index contributed by atoms with van der Waals surface area (Å²) in [6, 6.07) is 9.23. The van der Waals surface area contributed by atoms with E-state index < -0.39 is 11.4 Å². The monoisotopic (exact) mass is 424 g/mol. The molecule has 8 atom stereocenters. The van der Waals surface area contributed by atoms with E-state index in [1.54, 1.807) is 12.1 Å². The Bertz CT molecular complexity index is 876. The quantitative estimate of drug-likeness (QED) is 0.609. The number of benzene rings is 1. The van der Waals surface area contributed by atoms with E-state index in [-0.39, 0.29) is 23.4 Å². The summed E-state index contributed by atoms with van der Waals surface area (Å²) in [5.41, 5.74) is -0.143. The van der Waals surface area contributed by atoms with Gasteiger partial charge in [-0.25, -0.2) is 4.79 Å². The minimum Gasteiger partial charge on any atom is -0.481 e. The maximum Gasteiger partial charge on any atom is 0.338 e. The summed E-state index contributed by atoms with van der Waals surface area (Å²) in [5, 5.41) is 10.3. The molecule has 0 unspecified atom stereocenters. The molecule has 4 aliphatic rings. The third-order valence-corrected chi connectivity index (χ3v) is 10.3. The molecule has 0 saturated heterocycles. The van der Waals surface area contributed by atoms with Crippen LogP contribution < -0.4 is 0 Å². The van der Waals surface area contributed by atoms with E-state index in [0.29, 0.717) is 29.7 Å². The van der Waals surface area contributed by atoms with Crippen LogP contribution in [0.5, 0.6) is 0 Å². The minimum atomic E-state index is -0.743. The van der Waals surface area contributed by atoms with Gasteiger partial charge in [0, 0.05) is 5.41 Å². The lowest BCUT2D eigenvalue weighted by molar-refractivity contribution is -0.211. The van der Waals surface area contributed by atoms with Crippen LogP contribution in [0.2, 0.25) is 0 Å². The van der Waals surface area contributed by atoms with Crippen LogP contribution in [0.25, 0.3) is 0 Å². The van der Waals surface area contributed by atoms with Crippen molar-refractivity contribution in [3.8, 4) is 0 Å². The zero-order chi connectivity index (χ0) is 22.0. The highest BCUT2D eigenvalue weighted by atomic mass is 16.5. The number of fused-ring (bicyclic) bond motifs is 3. The van der Waals surface area contributed by atoms with Gasteiger partial charge in [-0.3, -0.25) is 4.79 Å². The Kier molecular flexibility index (Phi) is 4.80. The molecule has 0 radical (unpaired) electrons. The lowest BCUT2D eigenvalue weighted by Gasteiger charge is -2.65. The lowest BCUT2D eigenvalue weighted by Crippen LogP contribution is -2.64. The summed E-state index contributed by atoms with van der Waals surface area (Å²) >= 11 is 0. The van der Waals surface area contributed by atoms with E-state index in [1.165, 1.54) is 19.3 Å². The molecule has 0 aromatic heterocycles. The maximum atomic E-state index is 13.1. The molecule has 4 saturated carbocycles. The Labute approximate surface area is 185 Å². The number of ether oxygens (including phenoxy) is 1. The Balaban J connectivity index is 1.54. The van der Waals surface area contributed by atoms with Crippen molar-refractivity contribution in [2.24, 2.45) is 39.9 Å². The molecule has 0 aliphatic heterocycles. The van der Waals surface area contributed by atoms with Crippen LogP contribution >= 0.6 is 0 Å². The van der Waals surface area contributed by atoms with Crippen LogP contribution in [-0.2, 0) is 9.53 Å². The van der Waals surface area contributed by atoms with E-state index in [1.807, 2.05) is 25.1 Å². The normalized spacial score (nSPS) is 46.0. The van der Waals surface area contributed by atoms with Crippen LogP contribution in [0.4, 0.5) is 0 Å². The average molecular weight is 425 g/mol. The van der Waals surface area contributed by atoms with Crippen LogP contribution in [0, 0.1) is 39.9 Å². The first-order valence-corrected chi connectivity index (χ1v) is 12.2. The predicted octanol–water partition coefficient (Wildman–Crippen LogP) is 5.96. The first-order chi connectivity index (χ1) is 14.7. The standard InChI is InChI=1S/C27H36O4/c1-17-15-27-14-11-20-25(2,24(29)30)13-12-22(31-23(28)18-7-5-4-6-8-18)26(20,3)21(27)10-9-19(17)16-27/h4-8,17,19-22H,9-16H2,1-3H3,(H,29,30)/t17-,19-,20+,21-,22-,25+,26+,27+/m0/s1. The molecule has 1 N–H and O–H groups in total. The number of carbonyl (C=O) groups is 2. The fourth-order valence-electron chi connectivity index (χ4n) is 8.89. The SMILES string of the molecule is C[C@H]1C[C@@]23CC[C@H]4[C@@](C)([C@@H](OC(=O)c5ccccc5)CC[C@@]4(C)C(=O)O)[C@@H]2CC[C@H]1C3. The van der Waals surface area contributed by atoms with Crippen LogP contribution in [0.15, 0.2) is 30.3 Å². The molecular formula is C27H36O4. The van der Waals surface area contributed by atoms with Gasteiger partial charge in [0.25, 0.3) is 0 Å². The van der Waals surface area contributed by atoms with Gasteiger partial charge in [-0.2, -0.15) is 0 Å². The third-order valence-electron chi connectivity index (χ3n) is 10.3. The van der Waals surface area contributed by atoms with Gasteiger partial charge in [0.05, 0.1) is 11.0 Å². The van der Waals surface area contributed by atoms with E-state index in [9.17, 15) is 14.7 Å². The maximum absolute atomic E-state index is 13.1. The Morgan fingerprint density at radius 2 is 1.71 bits per heavy atom. The Morgan fingerprint density at radius 3 is 2.42 bits per heavy atom. The molecule has 31 heavy (non-hydrogen) atoms. The first-order valence-electron chi connectivity index (χ1n) is 12.2. The zero-order valence-corrected chi connectivity index (χ0v) is 19.1. The number of hydrogen-bond donors (Lipinski definition) is 1. The highest BCUT2D eigenvalue weighted by Gasteiger charge is 2.68. The molecule has 4 fully saturated rings. The number of rotatable bonds is 3. The fourth-order valence-corrected chi connectivity index (χ4v) is 8.89. The van der Waals surface area contributed by atoms with Gasteiger partial charge < -0.3 is 9.84 Å². The van der Waals surface area contributed by atoms with Crippen molar-refractivity contribution in [1.29, 1.82) is 0 Å². The summed E-state index contributed by atoms with van der Waals surface area (Å²) in [6.45, 7) is 6.65. The largest absolute Gasteiger partial charge is 0.481 e. The van der Waals surface area contributed by atoms with Crippen LogP contribution in [0.3, 0.4) is 0 Å². The van der Waals surface area contributed by atoms with Crippen molar-refractivity contribution in [2.75, 3.05) is 0 Å². The molecule has 1 spiro atoms. The van der Waals surface area contributed by atoms with Gasteiger partial charge in [0.15, 0.2) is 0 Å². The zero-order valence-electron chi connectivity index (χ0n) is 19.1. The second-order valence-electron chi connectivity index (χ2n) is 11.6. The fraction of sp³-hybridized carbons (Fsp3) is 0.704. The van der Waals surface area contributed by atoms with Gasteiger partial charge >= 0.3 is 11.9 Å². The number of hydrogen-bond acceptors (Lipinski definition) is 3. The van der Waals surface area contributed by atoms with Crippen LogP contribution in [0.1, 0.15) is 82.5 Å². The van der Waals surface area contributed by atoms with Crippen molar-refractivity contribution < 1.29 is 19.4 Å². The molecule has 1 aromatic carbocycles. The molecule has 0 amide bonds. The van der Waals surface area contributed by atoms with Gasteiger partial charge in [-0.15, -0.1) is 0 Å². The number of esters is 1. The van der Waals surface area contributed by atoms with Crippen molar-refractivity contribution in [3.05, 3.63) is 35.9 Å². The Morgan fingerprint density at radius 1 is 0.968 bits per heavy atom. The number of carboxylic acids is 1. The summed E-state index contributed by atoms with van der Waals surface area (Å²) < 4.78 is 6.27. The summed E-state index contributed by atoms with van der Waals surface area (Å²) in [7, 11) is 0. The van der Waals surface area contributed by atoms with Crippen molar-refractivity contribution in [1.82, 2.24) is 0 Å².